The number of nitrogens with zero attached hydrogens (tertiary/aromatic N) is 1. The van der Waals surface area contributed by atoms with E-state index in [1.54, 1.807) is 0 Å². The summed E-state index contributed by atoms with van der Waals surface area (Å²) in [6.07, 6.45) is 1.25. The van der Waals surface area contributed by atoms with Gasteiger partial charge < -0.3 is 9.84 Å². The first-order valence-electron chi connectivity index (χ1n) is 6.27. The number of hydrogen-bond acceptors (Lipinski definition) is 3. The summed E-state index contributed by atoms with van der Waals surface area (Å²) >= 11 is 0. The van der Waals surface area contributed by atoms with Crippen molar-refractivity contribution in [3.05, 3.63) is 0 Å². The van der Waals surface area contributed by atoms with Crippen LogP contribution in [0.2, 0.25) is 0 Å². The summed E-state index contributed by atoms with van der Waals surface area (Å²) in [4.78, 5) is 2.34. The fraction of sp³-hybridized carbons (Fsp3) is 1.00. The molecule has 0 bridgehead atoms. The summed E-state index contributed by atoms with van der Waals surface area (Å²) in [5.74, 6) is 0. The minimum Gasteiger partial charge on any atom is -0.396 e. The SMILES string of the molecule is CC.CC.C[C@@H]1CN(CCCO)CCO1. The molecule has 0 aromatic carbocycles. The summed E-state index contributed by atoms with van der Waals surface area (Å²) in [7, 11) is 0. The molecule has 0 aromatic rings. The molecule has 1 rings (SSSR count). The van der Waals surface area contributed by atoms with E-state index in [9.17, 15) is 0 Å². The second-order valence-corrected chi connectivity index (χ2v) is 3.06. The Labute approximate surface area is 95.4 Å². The Hall–Kier alpha value is -0.120. The van der Waals surface area contributed by atoms with Gasteiger partial charge in [0.2, 0.25) is 0 Å². The van der Waals surface area contributed by atoms with E-state index in [0.717, 1.165) is 32.7 Å². The number of morpholine rings is 1. The lowest BCUT2D eigenvalue weighted by Crippen LogP contribution is -2.41. The lowest BCUT2D eigenvalue weighted by atomic mass is 10.3. The monoisotopic (exact) mass is 219 g/mol. The lowest BCUT2D eigenvalue weighted by molar-refractivity contribution is -0.0195. The van der Waals surface area contributed by atoms with Crippen molar-refractivity contribution in [2.75, 3.05) is 32.8 Å². The molecule has 0 aromatic heterocycles. The molecule has 1 N–H and O–H groups in total. The van der Waals surface area contributed by atoms with Crippen LogP contribution in [0.3, 0.4) is 0 Å². The second-order valence-electron chi connectivity index (χ2n) is 3.06. The van der Waals surface area contributed by atoms with Gasteiger partial charge in [-0.2, -0.15) is 0 Å². The van der Waals surface area contributed by atoms with Crippen LogP contribution in [0.15, 0.2) is 0 Å². The number of ether oxygens (including phenoxy) is 1. The van der Waals surface area contributed by atoms with Crippen LogP contribution in [0.5, 0.6) is 0 Å². The molecule has 1 aliphatic heterocycles. The highest BCUT2D eigenvalue weighted by Crippen LogP contribution is 2.03. The zero-order chi connectivity index (χ0) is 12.1. The number of aliphatic hydroxyl groups excluding tert-OH is 1. The first-order chi connectivity index (χ1) is 7.33. The maximum atomic E-state index is 8.60. The van der Waals surface area contributed by atoms with Gasteiger partial charge in [-0.3, -0.25) is 4.90 Å². The normalized spacial score (nSPS) is 20.8. The maximum absolute atomic E-state index is 8.60. The number of aliphatic hydroxyl groups is 1. The largest absolute Gasteiger partial charge is 0.396 e. The maximum Gasteiger partial charge on any atom is 0.0674 e. The van der Waals surface area contributed by atoms with Crippen LogP contribution in [0.25, 0.3) is 0 Å². The van der Waals surface area contributed by atoms with Crippen LogP contribution in [0, 0.1) is 0 Å². The smallest absolute Gasteiger partial charge is 0.0674 e. The van der Waals surface area contributed by atoms with Crippen molar-refractivity contribution in [3.63, 3.8) is 0 Å². The van der Waals surface area contributed by atoms with Crippen LogP contribution in [-0.4, -0.2) is 49.0 Å². The molecule has 0 unspecified atom stereocenters. The molecule has 1 saturated heterocycles. The van der Waals surface area contributed by atoms with Crippen LogP contribution >= 0.6 is 0 Å². The number of hydrogen-bond donors (Lipinski definition) is 1. The first-order valence-corrected chi connectivity index (χ1v) is 6.27. The van der Waals surface area contributed by atoms with E-state index in [-0.39, 0.29) is 0 Å². The van der Waals surface area contributed by atoms with Gasteiger partial charge in [-0.05, 0) is 13.3 Å². The minimum absolute atomic E-state index is 0.297. The second kappa shape index (κ2) is 13.9. The lowest BCUT2D eigenvalue weighted by Gasteiger charge is -2.30. The Morgan fingerprint density at radius 3 is 2.33 bits per heavy atom. The van der Waals surface area contributed by atoms with E-state index in [1.807, 2.05) is 27.7 Å². The van der Waals surface area contributed by atoms with Gasteiger partial charge in [-0.1, -0.05) is 27.7 Å². The molecule has 1 fully saturated rings. The van der Waals surface area contributed by atoms with Crippen molar-refractivity contribution in [1.82, 2.24) is 4.90 Å². The summed E-state index contributed by atoms with van der Waals surface area (Å²) in [5, 5.41) is 8.60. The molecular weight excluding hydrogens is 190 g/mol. The molecule has 3 nitrogen and oxygen atoms in total. The van der Waals surface area contributed by atoms with Crippen LogP contribution < -0.4 is 0 Å². The Morgan fingerprint density at radius 2 is 1.87 bits per heavy atom. The van der Waals surface area contributed by atoms with Crippen molar-refractivity contribution in [3.8, 4) is 0 Å². The average Bonchev–Trinajstić information content (AvgIpc) is 2.32. The average molecular weight is 219 g/mol. The predicted octanol–water partition coefficient (Wildman–Crippen LogP) is 2.14. The van der Waals surface area contributed by atoms with Gasteiger partial charge in [0, 0.05) is 26.2 Å². The molecule has 0 aliphatic carbocycles. The molecule has 0 saturated carbocycles. The van der Waals surface area contributed by atoms with Crippen molar-refractivity contribution < 1.29 is 9.84 Å². The molecule has 3 heteroatoms. The van der Waals surface area contributed by atoms with E-state index in [0.29, 0.717) is 12.7 Å². The standard InChI is InChI=1S/C8H17NO2.2C2H6/c1-8-7-9(3-2-5-10)4-6-11-8;2*1-2/h8,10H,2-7H2,1H3;2*1-2H3/t8-;;/m1../s1. The van der Waals surface area contributed by atoms with Crippen molar-refractivity contribution in [1.29, 1.82) is 0 Å². The van der Waals surface area contributed by atoms with Gasteiger partial charge in [0.15, 0.2) is 0 Å². The third-order valence-electron chi connectivity index (χ3n) is 1.96. The Bertz CT molecular complexity index is 110. The highest BCUT2D eigenvalue weighted by atomic mass is 16.5. The van der Waals surface area contributed by atoms with Crippen molar-refractivity contribution in [2.24, 2.45) is 0 Å². The third kappa shape index (κ3) is 10.2. The topological polar surface area (TPSA) is 32.7 Å². The van der Waals surface area contributed by atoms with Crippen LogP contribution in [0.1, 0.15) is 41.0 Å². The van der Waals surface area contributed by atoms with E-state index < -0.39 is 0 Å². The highest BCUT2D eigenvalue weighted by molar-refractivity contribution is 4.67. The van der Waals surface area contributed by atoms with Crippen molar-refractivity contribution in [2.45, 2.75) is 47.1 Å². The molecule has 15 heavy (non-hydrogen) atoms. The molecule has 0 amide bonds. The molecular formula is C12H29NO2. The molecule has 94 valence electrons. The summed E-state index contributed by atoms with van der Waals surface area (Å²) in [6, 6.07) is 0. The summed E-state index contributed by atoms with van der Waals surface area (Å²) in [5.41, 5.74) is 0. The van der Waals surface area contributed by atoms with Crippen LogP contribution in [0.4, 0.5) is 0 Å². The Balaban J connectivity index is 0. The zero-order valence-electron chi connectivity index (χ0n) is 11.1. The van der Waals surface area contributed by atoms with Gasteiger partial charge in [-0.15, -0.1) is 0 Å². The Kier molecular flexibility index (Phi) is 16.0. The third-order valence-corrected chi connectivity index (χ3v) is 1.96. The Morgan fingerprint density at radius 1 is 1.27 bits per heavy atom. The van der Waals surface area contributed by atoms with Gasteiger partial charge >= 0.3 is 0 Å². The van der Waals surface area contributed by atoms with Gasteiger partial charge in [0.25, 0.3) is 0 Å². The summed E-state index contributed by atoms with van der Waals surface area (Å²) in [6.45, 7) is 14.3. The van der Waals surface area contributed by atoms with E-state index in [1.165, 1.54) is 0 Å². The van der Waals surface area contributed by atoms with Gasteiger partial charge in [0.05, 0.1) is 12.7 Å². The molecule has 1 aliphatic rings. The molecule has 0 spiro atoms. The fourth-order valence-corrected chi connectivity index (χ4v) is 1.39. The van der Waals surface area contributed by atoms with E-state index in [4.69, 9.17) is 9.84 Å². The zero-order valence-corrected chi connectivity index (χ0v) is 11.1. The molecule has 1 atom stereocenters. The van der Waals surface area contributed by atoms with E-state index in [2.05, 4.69) is 11.8 Å². The van der Waals surface area contributed by atoms with Gasteiger partial charge in [0.1, 0.15) is 0 Å². The quantitative estimate of drug-likeness (QED) is 0.789. The van der Waals surface area contributed by atoms with Gasteiger partial charge in [-0.25, -0.2) is 0 Å². The molecule has 0 radical (unpaired) electrons. The minimum atomic E-state index is 0.297. The fourth-order valence-electron chi connectivity index (χ4n) is 1.39. The highest BCUT2D eigenvalue weighted by Gasteiger charge is 2.15. The van der Waals surface area contributed by atoms with Crippen molar-refractivity contribution >= 4 is 0 Å². The first kappa shape index (κ1) is 17.3. The summed E-state index contributed by atoms with van der Waals surface area (Å²) < 4.78 is 5.38. The van der Waals surface area contributed by atoms with Crippen LogP contribution in [-0.2, 0) is 4.74 Å². The predicted molar refractivity (Wildman–Crippen MR) is 66.3 cm³/mol. The molecule has 1 heterocycles. The number of rotatable bonds is 3. The van der Waals surface area contributed by atoms with E-state index >= 15 is 0 Å².